The number of para-hydroxylation sites is 1. The number of carbonyl (C=O) groups is 1. The lowest BCUT2D eigenvalue weighted by Crippen LogP contribution is -2.06. The Morgan fingerprint density at radius 2 is 2.24 bits per heavy atom. The summed E-state index contributed by atoms with van der Waals surface area (Å²) in [5.74, 6) is -1.34. The van der Waals surface area contributed by atoms with Crippen LogP contribution >= 0.6 is 11.8 Å². The van der Waals surface area contributed by atoms with Crippen LogP contribution in [0.1, 0.15) is 17.3 Å². The van der Waals surface area contributed by atoms with Crippen molar-refractivity contribution in [2.24, 2.45) is 0 Å². The van der Waals surface area contributed by atoms with Gasteiger partial charge in [-0.3, -0.25) is 10.1 Å². The Bertz CT molecular complexity index is 448. The highest BCUT2D eigenvalue weighted by molar-refractivity contribution is 8.00. The Morgan fingerprint density at radius 1 is 1.59 bits per heavy atom. The van der Waals surface area contributed by atoms with E-state index in [1.165, 1.54) is 18.2 Å². The van der Waals surface area contributed by atoms with E-state index in [1.54, 1.807) is 6.92 Å². The van der Waals surface area contributed by atoms with Gasteiger partial charge in [-0.25, -0.2) is 4.79 Å². The lowest BCUT2D eigenvalue weighted by atomic mass is 10.2. The highest BCUT2D eigenvalue weighted by Crippen LogP contribution is 2.34. The molecule has 0 aliphatic carbocycles. The minimum absolute atomic E-state index is 0.140. The third-order valence-corrected chi connectivity index (χ3v) is 3.13. The van der Waals surface area contributed by atoms with Gasteiger partial charge in [-0.15, -0.1) is 11.8 Å². The molecule has 2 N–H and O–H groups in total. The average molecular weight is 257 g/mol. The summed E-state index contributed by atoms with van der Waals surface area (Å²) in [6, 6.07) is 4.11. The third kappa shape index (κ3) is 3.18. The second kappa shape index (κ2) is 5.65. The normalized spacial score (nSPS) is 12.1. The van der Waals surface area contributed by atoms with Crippen LogP contribution in [-0.4, -0.2) is 33.0 Å². The monoisotopic (exact) mass is 257 g/mol. The van der Waals surface area contributed by atoms with Gasteiger partial charge in [0, 0.05) is 5.25 Å². The molecule has 7 heteroatoms. The number of rotatable bonds is 5. The van der Waals surface area contributed by atoms with E-state index in [1.807, 2.05) is 0 Å². The van der Waals surface area contributed by atoms with Crippen molar-refractivity contribution in [2.45, 2.75) is 17.1 Å². The summed E-state index contributed by atoms with van der Waals surface area (Å²) >= 11 is 1.08. The van der Waals surface area contributed by atoms with Crippen molar-refractivity contribution in [3.63, 3.8) is 0 Å². The van der Waals surface area contributed by atoms with Crippen LogP contribution in [0.2, 0.25) is 0 Å². The summed E-state index contributed by atoms with van der Waals surface area (Å²) in [7, 11) is 0. The molecule has 0 aliphatic rings. The minimum Gasteiger partial charge on any atom is -0.477 e. The van der Waals surface area contributed by atoms with Crippen LogP contribution in [0.3, 0.4) is 0 Å². The highest BCUT2D eigenvalue weighted by Gasteiger charge is 2.25. The zero-order valence-corrected chi connectivity index (χ0v) is 9.81. The third-order valence-electron chi connectivity index (χ3n) is 2.00. The molecule has 0 fully saturated rings. The molecular formula is C10H11NO5S. The number of benzene rings is 1. The molecule has 0 radical (unpaired) electrons. The summed E-state index contributed by atoms with van der Waals surface area (Å²) in [4.78, 5) is 21.3. The second-order valence-corrected chi connectivity index (χ2v) is 4.81. The van der Waals surface area contributed by atoms with Gasteiger partial charge in [-0.05, 0) is 12.1 Å². The molecular weight excluding hydrogens is 246 g/mol. The fraction of sp³-hybridized carbons (Fsp3) is 0.300. The first kappa shape index (κ1) is 13.5. The predicted molar refractivity (Wildman–Crippen MR) is 62.5 cm³/mol. The molecule has 0 amide bonds. The molecule has 1 aromatic carbocycles. The van der Waals surface area contributed by atoms with E-state index in [0.717, 1.165) is 11.8 Å². The van der Waals surface area contributed by atoms with Gasteiger partial charge in [0.25, 0.3) is 5.69 Å². The van der Waals surface area contributed by atoms with Gasteiger partial charge >= 0.3 is 5.97 Å². The maximum Gasteiger partial charge on any atom is 0.342 e. The highest BCUT2D eigenvalue weighted by atomic mass is 32.2. The van der Waals surface area contributed by atoms with Gasteiger partial charge in [-0.2, -0.15) is 0 Å². The summed E-state index contributed by atoms with van der Waals surface area (Å²) < 4.78 is 0. The summed E-state index contributed by atoms with van der Waals surface area (Å²) in [5.41, 5.74) is -0.768. The Hall–Kier alpha value is -1.60. The smallest absolute Gasteiger partial charge is 0.342 e. The first-order valence-electron chi connectivity index (χ1n) is 4.75. The number of aromatic carboxylic acids is 1. The number of nitro groups is 1. The second-order valence-electron chi connectivity index (χ2n) is 3.33. The molecule has 1 atom stereocenters. The number of carboxylic acid groups (broad SMARTS) is 1. The Labute approximate surface area is 101 Å². The summed E-state index contributed by atoms with van der Waals surface area (Å²) in [6.45, 7) is 1.56. The maximum atomic E-state index is 10.9. The van der Waals surface area contributed by atoms with Crippen LogP contribution < -0.4 is 0 Å². The standard InChI is InChI=1S/C10H11NO5S/c1-6(5-12)17-8-4-2-3-7(10(13)14)9(8)11(15)16/h2-4,6,12H,5H2,1H3,(H,13,14). The summed E-state index contributed by atoms with van der Waals surface area (Å²) in [5, 5.41) is 28.4. The van der Waals surface area contributed by atoms with E-state index in [-0.39, 0.29) is 22.3 Å². The first-order chi connectivity index (χ1) is 7.97. The molecule has 0 aliphatic heterocycles. The number of nitro benzene ring substituents is 1. The Kier molecular flexibility index (Phi) is 4.47. The topological polar surface area (TPSA) is 101 Å². The number of thioether (sulfide) groups is 1. The number of aliphatic hydroxyl groups excluding tert-OH is 1. The SMILES string of the molecule is CC(CO)Sc1cccc(C(=O)O)c1[N+](=O)[O-]. The molecule has 0 spiro atoms. The van der Waals surface area contributed by atoms with E-state index < -0.39 is 16.6 Å². The molecule has 17 heavy (non-hydrogen) atoms. The van der Waals surface area contributed by atoms with Gasteiger partial charge in [0.2, 0.25) is 0 Å². The number of hydrogen-bond donors (Lipinski definition) is 2. The molecule has 1 unspecified atom stereocenters. The molecule has 0 heterocycles. The number of hydrogen-bond acceptors (Lipinski definition) is 5. The fourth-order valence-corrected chi connectivity index (χ4v) is 2.19. The zero-order chi connectivity index (χ0) is 13.0. The van der Waals surface area contributed by atoms with Gasteiger partial charge in [0.05, 0.1) is 16.4 Å². The predicted octanol–water partition coefficient (Wildman–Crippen LogP) is 1.77. The van der Waals surface area contributed by atoms with Gasteiger partial charge in [0.15, 0.2) is 0 Å². The Morgan fingerprint density at radius 3 is 2.71 bits per heavy atom. The maximum absolute atomic E-state index is 10.9. The van der Waals surface area contributed by atoms with E-state index in [0.29, 0.717) is 0 Å². The van der Waals surface area contributed by atoms with E-state index in [2.05, 4.69) is 0 Å². The number of aliphatic hydroxyl groups is 1. The van der Waals surface area contributed by atoms with E-state index in [4.69, 9.17) is 10.2 Å². The molecule has 1 rings (SSSR count). The van der Waals surface area contributed by atoms with Crippen molar-refractivity contribution in [2.75, 3.05) is 6.61 Å². The van der Waals surface area contributed by atoms with E-state index >= 15 is 0 Å². The van der Waals surface area contributed by atoms with Crippen molar-refractivity contribution in [1.29, 1.82) is 0 Å². The number of nitrogens with zero attached hydrogens (tertiary/aromatic N) is 1. The van der Waals surface area contributed by atoms with Crippen molar-refractivity contribution < 1.29 is 19.9 Å². The van der Waals surface area contributed by atoms with Crippen LogP contribution in [-0.2, 0) is 0 Å². The zero-order valence-electron chi connectivity index (χ0n) is 8.99. The van der Waals surface area contributed by atoms with Crippen molar-refractivity contribution in [1.82, 2.24) is 0 Å². The molecule has 0 bridgehead atoms. The fourth-order valence-electron chi connectivity index (χ4n) is 1.23. The quantitative estimate of drug-likeness (QED) is 0.473. The van der Waals surface area contributed by atoms with E-state index in [9.17, 15) is 14.9 Å². The molecule has 0 saturated carbocycles. The molecule has 6 nitrogen and oxygen atoms in total. The number of carboxylic acids is 1. The first-order valence-corrected chi connectivity index (χ1v) is 5.63. The molecule has 1 aromatic rings. The molecule has 0 aromatic heterocycles. The largest absolute Gasteiger partial charge is 0.477 e. The van der Waals surface area contributed by atoms with Crippen LogP contribution in [0.4, 0.5) is 5.69 Å². The summed E-state index contributed by atoms with van der Waals surface area (Å²) in [6.07, 6.45) is 0. The van der Waals surface area contributed by atoms with Crippen molar-refractivity contribution >= 4 is 23.4 Å². The van der Waals surface area contributed by atoms with Crippen LogP contribution in [0.5, 0.6) is 0 Å². The van der Waals surface area contributed by atoms with Gasteiger partial charge < -0.3 is 10.2 Å². The van der Waals surface area contributed by atoms with Gasteiger partial charge in [-0.1, -0.05) is 13.0 Å². The van der Waals surface area contributed by atoms with Crippen LogP contribution in [0.15, 0.2) is 23.1 Å². The van der Waals surface area contributed by atoms with Crippen LogP contribution in [0, 0.1) is 10.1 Å². The Balaban J connectivity index is 3.25. The van der Waals surface area contributed by atoms with Gasteiger partial charge in [0.1, 0.15) is 5.56 Å². The van der Waals surface area contributed by atoms with Crippen LogP contribution in [0.25, 0.3) is 0 Å². The van der Waals surface area contributed by atoms with Crippen molar-refractivity contribution in [3.05, 3.63) is 33.9 Å². The molecule has 92 valence electrons. The van der Waals surface area contributed by atoms with Crippen molar-refractivity contribution in [3.8, 4) is 0 Å². The molecule has 0 saturated heterocycles. The minimum atomic E-state index is -1.34. The lowest BCUT2D eigenvalue weighted by molar-refractivity contribution is -0.388. The average Bonchev–Trinajstić information content (AvgIpc) is 2.28. The lowest BCUT2D eigenvalue weighted by Gasteiger charge is -2.08.